The maximum atomic E-state index is 12.3. The van der Waals surface area contributed by atoms with Gasteiger partial charge in [0, 0.05) is 11.7 Å². The molecular formula is C16H22N2O5. The van der Waals surface area contributed by atoms with E-state index in [9.17, 15) is 14.4 Å². The summed E-state index contributed by atoms with van der Waals surface area (Å²) >= 11 is 0. The molecule has 0 radical (unpaired) electrons. The van der Waals surface area contributed by atoms with Crippen molar-refractivity contribution in [1.82, 2.24) is 10.3 Å². The van der Waals surface area contributed by atoms with Crippen LogP contribution in [-0.4, -0.2) is 42.1 Å². The lowest BCUT2D eigenvalue weighted by Gasteiger charge is -2.13. The second-order valence-corrected chi connectivity index (χ2v) is 5.65. The molecule has 126 valence electrons. The molecule has 0 saturated heterocycles. The van der Waals surface area contributed by atoms with Crippen molar-refractivity contribution >= 4 is 17.8 Å². The normalized spacial score (nSPS) is 15.0. The average molecular weight is 322 g/mol. The van der Waals surface area contributed by atoms with E-state index in [0.717, 1.165) is 12.8 Å². The first-order valence-electron chi connectivity index (χ1n) is 7.70. The van der Waals surface area contributed by atoms with Crippen LogP contribution in [0.3, 0.4) is 0 Å². The molecule has 0 aliphatic heterocycles. The van der Waals surface area contributed by atoms with Gasteiger partial charge in [-0.05, 0) is 38.7 Å². The van der Waals surface area contributed by atoms with Crippen molar-refractivity contribution in [3.05, 3.63) is 22.5 Å². The van der Waals surface area contributed by atoms with Crippen molar-refractivity contribution in [3.63, 3.8) is 0 Å². The molecule has 1 atom stereocenters. The molecule has 2 N–H and O–H groups in total. The van der Waals surface area contributed by atoms with E-state index < -0.39 is 18.0 Å². The van der Waals surface area contributed by atoms with Gasteiger partial charge in [0.05, 0.1) is 12.7 Å². The van der Waals surface area contributed by atoms with Gasteiger partial charge in [-0.2, -0.15) is 0 Å². The zero-order valence-corrected chi connectivity index (χ0v) is 13.8. The molecule has 7 nitrogen and oxygen atoms in total. The molecule has 1 aliphatic carbocycles. The zero-order valence-electron chi connectivity index (χ0n) is 13.8. The molecular weight excluding hydrogens is 300 g/mol. The van der Waals surface area contributed by atoms with E-state index in [1.807, 2.05) is 6.92 Å². The van der Waals surface area contributed by atoms with Crippen LogP contribution >= 0.6 is 0 Å². The molecule has 23 heavy (non-hydrogen) atoms. The van der Waals surface area contributed by atoms with E-state index in [1.54, 1.807) is 6.92 Å². The van der Waals surface area contributed by atoms with Gasteiger partial charge in [0.15, 0.2) is 6.10 Å². The van der Waals surface area contributed by atoms with Crippen LogP contribution < -0.4 is 5.32 Å². The van der Waals surface area contributed by atoms with Gasteiger partial charge in [-0.3, -0.25) is 4.79 Å². The number of hydrogen-bond donors (Lipinski definition) is 2. The summed E-state index contributed by atoms with van der Waals surface area (Å²) in [6.07, 6.45) is 1.57. The van der Waals surface area contributed by atoms with E-state index in [0.29, 0.717) is 23.2 Å². The molecule has 1 amide bonds. The number of carbonyl (C=O) groups excluding carboxylic acids is 3. The largest absolute Gasteiger partial charge is 0.465 e. The number of esters is 2. The Bertz CT molecular complexity index is 631. The maximum absolute atomic E-state index is 12.3. The smallest absolute Gasteiger partial charge is 0.355 e. The summed E-state index contributed by atoms with van der Waals surface area (Å²) in [5.41, 5.74) is 1.59. The standard InChI is InChI=1S/C16H22N2O5/c1-5-11-12(15(20)22-4)8(2)13(18-11)16(21)23-9(3)14(19)17-10-6-7-10/h9-10,18H,5-7H2,1-4H3,(H,17,19)/t9-/m0/s1. The van der Waals surface area contributed by atoms with Gasteiger partial charge in [0.1, 0.15) is 5.69 Å². The Labute approximate surface area is 134 Å². The summed E-state index contributed by atoms with van der Waals surface area (Å²) in [6.45, 7) is 5.03. The number of carbonyl (C=O) groups is 3. The summed E-state index contributed by atoms with van der Waals surface area (Å²) < 4.78 is 9.95. The van der Waals surface area contributed by atoms with Crippen molar-refractivity contribution in [2.45, 2.75) is 52.2 Å². The van der Waals surface area contributed by atoms with E-state index >= 15 is 0 Å². The number of hydrogen-bond acceptors (Lipinski definition) is 5. The summed E-state index contributed by atoms with van der Waals surface area (Å²) in [5.74, 6) is -1.48. The highest BCUT2D eigenvalue weighted by atomic mass is 16.5. The third-order valence-corrected chi connectivity index (χ3v) is 3.85. The molecule has 1 aliphatic rings. The summed E-state index contributed by atoms with van der Waals surface area (Å²) in [7, 11) is 1.29. The molecule has 0 unspecified atom stereocenters. The second-order valence-electron chi connectivity index (χ2n) is 5.65. The van der Waals surface area contributed by atoms with Crippen molar-refractivity contribution in [2.75, 3.05) is 7.11 Å². The highest BCUT2D eigenvalue weighted by Crippen LogP contribution is 2.22. The fraction of sp³-hybridized carbons (Fsp3) is 0.562. The van der Waals surface area contributed by atoms with Crippen molar-refractivity contribution < 1.29 is 23.9 Å². The first-order valence-corrected chi connectivity index (χ1v) is 7.70. The number of nitrogens with one attached hydrogen (secondary N) is 2. The van der Waals surface area contributed by atoms with Crippen LogP contribution in [0.4, 0.5) is 0 Å². The van der Waals surface area contributed by atoms with E-state index in [4.69, 9.17) is 9.47 Å². The second kappa shape index (κ2) is 6.85. The van der Waals surface area contributed by atoms with E-state index in [2.05, 4.69) is 10.3 Å². The molecule has 1 fully saturated rings. The van der Waals surface area contributed by atoms with Crippen LogP contribution in [0.5, 0.6) is 0 Å². The van der Waals surface area contributed by atoms with Gasteiger partial charge in [-0.15, -0.1) is 0 Å². The first-order chi connectivity index (χ1) is 10.9. The lowest BCUT2D eigenvalue weighted by molar-refractivity contribution is -0.129. The zero-order chi connectivity index (χ0) is 17.1. The van der Waals surface area contributed by atoms with Gasteiger partial charge in [0.25, 0.3) is 5.91 Å². The van der Waals surface area contributed by atoms with Gasteiger partial charge in [-0.25, -0.2) is 9.59 Å². The number of aromatic nitrogens is 1. The molecule has 1 heterocycles. The molecule has 7 heteroatoms. The molecule has 1 aromatic rings. The summed E-state index contributed by atoms with van der Waals surface area (Å²) in [4.78, 5) is 38.9. The summed E-state index contributed by atoms with van der Waals surface area (Å²) in [5, 5.41) is 2.78. The topological polar surface area (TPSA) is 97.5 Å². The van der Waals surface area contributed by atoms with Crippen LogP contribution in [-0.2, 0) is 20.7 Å². The monoisotopic (exact) mass is 322 g/mol. The number of H-pyrrole nitrogens is 1. The van der Waals surface area contributed by atoms with Gasteiger partial charge < -0.3 is 19.8 Å². The minimum Gasteiger partial charge on any atom is -0.465 e. The fourth-order valence-corrected chi connectivity index (χ4v) is 2.33. The van der Waals surface area contributed by atoms with Crippen molar-refractivity contribution in [2.24, 2.45) is 0 Å². The van der Waals surface area contributed by atoms with Crippen LogP contribution in [0.1, 0.15) is 58.8 Å². The number of ether oxygens (including phenoxy) is 2. The number of amides is 1. The van der Waals surface area contributed by atoms with Crippen LogP contribution in [0.15, 0.2) is 0 Å². The Morgan fingerprint density at radius 3 is 2.48 bits per heavy atom. The lowest BCUT2D eigenvalue weighted by Crippen LogP contribution is -2.37. The van der Waals surface area contributed by atoms with Crippen LogP contribution in [0.25, 0.3) is 0 Å². The third kappa shape index (κ3) is 3.72. The van der Waals surface area contributed by atoms with Gasteiger partial charge >= 0.3 is 11.9 Å². The number of aryl methyl sites for hydroxylation is 1. The van der Waals surface area contributed by atoms with Crippen LogP contribution in [0, 0.1) is 6.92 Å². The Balaban J connectivity index is 2.13. The highest BCUT2D eigenvalue weighted by Gasteiger charge is 2.29. The van der Waals surface area contributed by atoms with Gasteiger partial charge in [-0.1, -0.05) is 6.92 Å². The fourth-order valence-electron chi connectivity index (χ4n) is 2.33. The first kappa shape index (κ1) is 17.1. The third-order valence-electron chi connectivity index (χ3n) is 3.85. The maximum Gasteiger partial charge on any atom is 0.355 e. The molecule has 1 aromatic heterocycles. The SMILES string of the molecule is CCc1[nH]c(C(=O)O[C@@H](C)C(=O)NC2CC2)c(C)c1C(=O)OC. The van der Waals surface area contributed by atoms with Gasteiger partial charge in [0.2, 0.25) is 0 Å². The molecule has 2 rings (SSSR count). The Morgan fingerprint density at radius 2 is 1.96 bits per heavy atom. The molecule has 0 spiro atoms. The predicted octanol–water partition coefficient (Wildman–Crippen LogP) is 1.50. The Hall–Kier alpha value is -2.31. The number of aromatic amines is 1. The van der Waals surface area contributed by atoms with E-state index in [-0.39, 0.29) is 17.6 Å². The minimum atomic E-state index is -0.891. The Kier molecular flexibility index (Phi) is 5.08. The number of methoxy groups -OCH3 is 1. The number of rotatable bonds is 6. The Morgan fingerprint density at radius 1 is 1.30 bits per heavy atom. The molecule has 1 saturated carbocycles. The van der Waals surface area contributed by atoms with Crippen molar-refractivity contribution in [3.8, 4) is 0 Å². The van der Waals surface area contributed by atoms with Crippen molar-refractivity contribution in [1.29, 1.82) is 0 Å². The minimum absolute atomic E-state index is 0.174. The average Bonchev–Trinajstić information content (AvgIpc) is 3.27. The predicted molar refractivity (Wildman–Crippen MR) is 82.3 cm³/mol. The molecule has 0 aromatic carbocycles. The van der Waals surface area contributed by atoms with Crippen LogP contribution in [0.2, 0.25) is 0 Å². The summed E-state index contributed by atoms with van der Waals surface area (Å²) in [6, 6.07) is 0.202. The lowest BCUT2D eigenvalue weighted by atomic mass is 10.1. The molecule has 0 bridgehead atoms. The van der Waals surface area contributed by atoms with E-state index in [1.165, 1.54) is 14.0 Å². The quantitative estimate of drug-likeness (QED) is 0.774. The highest BCUT2D eigenvalue weighted by molar-refractivity contribution is 5.99.